The Kier molecular flexibility index (Phi) is 4.32. The third-order valence-corrected chi connectivity index (χ3v) is 0.817. The van der Waals surface area contributed by atoms with Crippen LogP contribution in [-0.2, 0) is 4.79 Å². The third-order valence-electron chi connectivity index (χ3n) is 0.817. The lowest BCUT2D eigenvalue weighted by Crippen LogP contribution is -2.06. The summed E-state index contributed by atoms with van der Waals surface area (Å²) in [6.45, 7) is 7.30. The maximum absolute atomic E-state index is 9.91. The summed E-state index contributed by atoms with van der Waals surface area (Å²) < 4.78 is 1.64. The molecule has 0 bridgehead atoms. The van der Waals surface area contributed by atoms with Crippen LogP contribution in [0.1, 0.15) is 0 Å². The van der Waals surface area contributed by atoms with Crippen LogP contribution in [0.5, 0.6) is 0 Å². The number of aldehydes is 1. The van der Waals surface area contributed by atoms with Gasteiger partial charge in [0, 0.05) is 0 Å². The SMILES string of the molecule is C=CC=[N+](C=C)CC=O. The largest absolute Gasteiger partial charge is 0.296 e. The summed E-state index contributed by atoms with van der Waals surface area (Å²) in [5, 5.41) is 0. The Morgan fingerprint density at radius 2 is 2.11 bits per heavy atom. The van der Waals surface area contributed by atoms with Gasteiger partial charge in [-0.05, 0) is 12.7 Å². The number of rotatable bonds is 4. The van der Waals surface area contributed by atoms with E-state index < -0.39 is 0 Å². The molecular formula is C7H10NO+. The first-order chi connectivity index (χ1) is 4.35. The Hall–Kier alpha value is -1.18. The van der Waals surface area contributed by atoms with E-state index in [1.807, 2.05) is 0 Å². The molecule has 0 saturated carbocycles. The number of hydrogen-bond acceptors (Lipinski definition) is 1. The second-order valence-corrected chi connectivity index (χ2v) is 1.43. The zero-order valence-electron chi connectivity index (χ0n) is 5.29. The Bertz CT molecular complexity index is 147. The number of carbonyl (C=O) groups is 1. The standard InChI is InChI=1S/C7H10NO/c1-3-5-8(4-2)6-7-9/h3-5,7H,1-2,6H2/q+1. The molecule has 0 aromatic carbocycles. The number of allylic oxidation sites excluding steroid dienone is 1. The molecule has 2 heteroatoms. The van der Waals surface area contributed by atoms with Gasteiger partial charge in [0.1, 0.15) is 0 Å². The van der Waals surface area contributed by atoms with Crippen LogP contribution in [0.4, 0.5) is 0 Å². The van der Waals surface area contributed by atoms with E-state index in [-0.39, 0.29) is 0 Å². The van der Waals surface area contributed by atoms with E-state index in [2.05, 4.69) is 13.2 Å². The van der Waals surface area contributed by atoms with E-state index in [4.69, 9.17) is 0 Å². The second-order valence-electron chi connectivity index (χ2n) is 1.43. The lowest BCUT2D eigenvalue weighted by atomic mass is 10.6. The minimum absolute atomic E-state index is 0.343. The molecule has 0 aliphatic rings. The molecule has 0 heterocycles. The Morgan fingerprint density at radius 3 is 2.44 bits per heavy atom. The average molecular weight is 124 g/mol. The van der Waals surface area contributed by atoms with Gasteiger partial charge < -0.3 is 0 Å². The van der Waals surface area contributed by atoms with Crippen molar-refractivity contribution < 1.29 is 9.37 Å². The van der Waals surface area contributed by atoms with Crippen molar-refractivity contribution in [1.29, 1.82) is 0 Å². The zero-order chi connectivity index (χ0) is 7.11. The molecule has 0 unspecified atom stereocenters. The molecule has 2 nitrogen and oxygen atoms in total. The number of nitrogens with zero attached hydrogens (tertiary/aromatic N) is 1. The smallest absolute Gasteiger partial charge is 0.203 e. The molecule has 0 N–H and O–H groups in total. The van der Waals surface area contributed by atoms with Crippen molar-refractivity contribution in [3.63, 3.8) is 0 Å². The van der Waals surface area contributed by atoms with Crippen LogP contribution in [0.15, 0.2) is 25.4 Å². The van der Waals surface area contributed by atoms with Gasteiger partial charge in [-0.15, -0.1) is 0 Å². The lowest BCUT2D eigenvalue weighted by Gasteiger charge is -1.84. The molecule has 0 aliphatic carbocycles. The predicted octanol–water partition coefficient (Wildman–Crippen LogP) is 0.598. The molecule has 0 amide bonds. The maximum atomic E-state index is 9.91. The fourth-order valence-corrected chi connectivity index (χ4v) is 0.418. The number of carbonyl (C=O) groups excluding carboxylic acids is 1. The second kappa shape index (κ2) is 4.97. The monoisotopic (exact) mass is 124 g/mol. The molecule has 0 spiro atoms. The highest BCUT2D eigenvalue weighted by Crippen LogP contribution is 1.70. The van der Waals surface area contributed by atoms with Crippen LogP contribution in [0, 0.1) is 0 Å². The summed E-state index contributed by atoms with van der Waals surface area (Å²) in [6.07, 6.45) is 5.66. The summed E-state index contributed by atoms with van der Waals surface area (Å²) in [7, 11) is 0. The highest BCUT2D eigenvalue weighted by molar-refractivity contribution is 5.66. The van der Waals surface area contributed by atoms with Gasteiger partial charge in [0.2, 0.25) is 6.54 Å². The first-order valence-electron chi connectivity index (χ1n) is 2.63. The van der Waals surface area contributed by atoms with Crippen LogP contribution >= 0.6 is 0 Å². The first kappa shape index (κ1) is 7.82. The van der Waals surface area contributed by atoms with Crippen molar-refractivity contribution in [3.05, 3.63) is 25.4 Å². The Balaban J connectivity index is 3.95. The van der Waals surface area contributed by atoms with Gasteiger partial charge in [0.05, 0.1) is 0 Å². The van der Waals surface area contributed by atoms with Crippen molar-refractivity contribution in [2.45, 2.75) is 0 Å². The van der Waals surface area contributed by atoms with Gasteiger partial charge in [-0.25, -0.2) is 0 Å². The van der Waals surface area contributed by atoms with Crippen LogP contribution in [0.2, 0.25) is 0 Å². The van der Waals surface area contributed by atoms with E-state index in [9.17, 15) is 4.79 Å². The molecule has 0 fully saturated rings. The van der Waals surface area contributed by atoms with Gasteiger partial charge in [-0.3, -0.25) is 4.79 Å². The molecule has 0 aliphatic heterocycles. The van der Waals surface area contributed by atoms with Crippen LogP contribution in [0.25, 0.3) is 0 Å². The normalized spacial score (nSPS) is 10.4. The molecule has 0 radical (unpaired) electrons. The zero-order valence-corrected chi connectivity index (χ0v) is 5.29. The lowest BCUT2D eigenvalue weighted by molar-refractivity contribution is -0.436. The van der Waals surface area contributed by atoms with E-state index in [0.29, 0.717) is 6.54 Å². The summed E-state index contributed by atoms with van der Waals surface area (Å²) >= 11 is 0. The fourth-order valence-electron chi connectivity index (χ4n) is 0.418. The molecule has 0 rings (SSSR count). The van der Waals surface area contributed by atoms with Crippen molar-refractivity contribution in [2.75, 3.05) is 6.54 Å². The van der Waals surface area contributed by atoms with Crippen molar-refractivity contribution in [3.8, 4) is 0 Å². The highest BCUT2D eigenvalue weighted by atomic mass is 16.1. The predicted molar refractivity (Wildman–Crippen MR) is 37.6 cm³/mol. The molecule has 48 valence electrons. The van der Waals surface area contributed by atoms with Gasteiger partial charge in [0.15, 0.2) is 18.7 Å². The van der Waals surface area contributed by atoms with Crippen molar-refractivity contribution in [2.24, 2.45) is 0 Å². The van der Waals surface area contributed by atoms with Gasteiger partial charge in [-0.2, -0.15) is 4.58 Å². The Labute approximate surface area is 54.8 Å². The van der Waals surface area contributed by atoms with E-state index in [0.717, 1.165) is 6.29 Å². The highest BCUT2D eigenvalue weighted by Gasteiger charge is 1.90. The molecular weight excluding hydrogens is 114 g/mol. The van der Waals surface area contributed by atoms with Crippen LogP contribution < -0.4 is 0 Å². The molecule has 0 aromatic rings. The molecule has 9 heavy (non-hydrogen) atoms. The topological polar surface area (TPSA) is 20.1 Å². The van der Waals surface area contributed by atoms with Crippen molar-refractivity contribution >= 4 is 12.5 Å². The number of hydrogen-bond donors (Lipinski definition) is 0. The third kappa shape index (κ3) is 3.41. The van der Waals surface area contributed by atoms with Crippen molar-refractivity contribution in [1.82, 2.24) is 0 Å². The minimum Gasteiger partial charge on any atom is -0.296 e. The summed E-state index contributed by atoms with van der Waals surface area (Å²) in [6, 6.07) is 0. The van der Waals surface area contributed by atoms with Gasteiger partial charge in [0.25, 0.3) is 0 Å². The van der Waals surface area contributed by atoms with E-state index >= 15 is 0 Å². The molecule has 0 atom stereocenters. The summed E-state index contributed by atoms with van der Waals surface area (Å²) in [5.41, 5.74) is 0. The average Bonchev–Trinajstić information content (AvgIpc) is 1.88. The van der Waals surface area contributed by atoms with Gasteiger partial charge in [-0.1, -0.05) is 6.58 Å². The Morgan fingerprint density at radius 1 is 1.44 bits per heavy atom. The minimum atomic E-state index is 0.343. The van der Waals surface area contributed by atoms with E-state index in [1.165, 1.54) is 0 Å². The maximum Gasteiger partial charge on any atom is 0.203 e. The first-order valence-corrected chi connectivity index (χ1v) is 2.63. The summed E-state index contributed by atoms with van der Waals surface area (Å²) in [4.78, 5) is 9.91. The fraction of sp³-hybridized carbons (Fsp3) is 0.143. The van der Waals surface area contributed by atoms with Crippen LogP contribution in [-0.4, -0.2) is 23.6 Å². The molecule has 0 saturated heterocycles. The summed E-state index contributed by atoms with van der Waals surface area (Å²) in [5.74, 6) is 0. The molecule has 0 aromatic heterocycles. The quantitative estimate of drug-likeness (QED) is 0.305. The van der Waals surface area contributed by atoms with Gasteiger partial charge >= 0.3 is 0 Å². The van der Waals surface area contributed by atoms with Crippen LogP contribution in [0.3, 0.4) is 0 Å². The van der Waals surface area contributed by atoms with E-state index in [1.54, 1.807) is 23.1 Å².